The van der Waals surface area contributed by atoms with Crippen LogP contribution in [-0.4, -0.2) is 39.4 Å². The fourth-order valence-corrected chi connectivity index (χ4v) is 4.13. The van der Waals surface area contributed by atoms with E-state index < -0.39 is 10.0 Å². The molecule has 0 aliphatic carbocycles. The number of nitrogens with one attached hydrogen (secondary N) is 1. The molecule has 27 heavy (non-hydrogen) atoms. The Balaban J connectivity index is 1.83. The van der Waals surface area contributed by atoms with Crippen LogP contribution < -0.4 is 9.62 Å². The van der Waals surface area contributed by atoms with Crippen LogP contribution >= 0.6 is 11.8 Å². The van der Waals surface area contributed by atoms with Crippen molar-refractivity contribution in [2.24, 2.45) is 0 Å². The molecular weight excluding hydrogens is 380 g/mol. The molecule has 0 aliphatic heterocycles. The maximum absolute atomic E-state index is 12.2. The van der Waals surface area contributed by atoms with Crippen molar-refractivity contribution in [1.82, 2.24) is 5.32 Å². The van der Waals surface area contributed by atoms with Crippen LogP contribution in [0, 0.1) is 0 Å². The number of thioether (sulfide) groups is 1. The van der Waals surface area contributed by atoms with Gasteiger partial charge in [-0.05, 0) is 29.8 Å². The lowest BCUT2D eigenvalue weighted by Gasteiger charge is -2.20. The van der Waals surface area contributed by atoms with Gasteiger partial charge in [-0.25, -0.2) is 8.42 Å². The number of hydrogen-bond donors (Lipinski definition) is 1. The van der Waals surface area contributed by atoms with Gasteiger partial charge in [0.25, 0.3) is 5.91 Å². The summed E-state index contributed by atoms with van der Waals surface area (Å²) in [6, 6.07) is 16.7. The number of benzene rings is 2. The van der Waals surface area contributed by atoms with E-state index in [9.17, 15) is 13.2 Å². The minimum Gasteiger partial charge on any atom is -0.351 e. The summed E-state index contributed by atoms with van der Waals surface area (Å²) < 4.78 is 24.9. The quantitative estimate of drug-likeness (QED) is 0.487. The van der Waals surface area contributed by atoms with Crippen LogP contribution in [0.25, 0.3) is 0 Å². The third-order valence-corrected chi connectivity index (χ3v) is 5.95. The van der Waals surface area contributed by atoms with Crippen molar-refractivity contribution < 1.29 is 13.2 Å². The lowest BCUT2D eigenvalue weighted by atomic mass is 10.2. The molecule has 2 rings (SSSR count). The third kappa shape index (κ3) is 6.77. The molecule has 0 saturated carbocycles. The molecule has 1 N–H and O–H groups in total. The van der Waals surface area contributed by atoms with E-state index in [2.05, 4.69) is 24.0 Å². The van der Waals surface area contributed by atoms with Crippen molar-refractivity contribution in [2.45, 2.75) is 5.75 Å². The average Bonchev–Trinajstić information content (AvgIpc) is 2.66. The number of anilines is 1. The molecule has 0 aromatic heterocycles. The second-order valence-electron chi connectivity index (χ2n) is 5.92. The van der Waals surface area contributed by atoms with E-state index in [1.165, 1.54) is 15.9 Å². The van der Waals surface area contributed by atoms with Crippen molar-refractivity contribution in [3.63, 3.8) is 0 Å². The largest absolute Gasteiger partial charge is 0.351 e. The van der Waals surface area contributed by atoms with Crippen molar-refractivity contribution in [2.75, 3.05) is 29.4 Å². The zero-order chi connectivity index (χ0) is 19.7. The highest BCUT2D eigenvalue weighted by molar-refractivity contribution is 7.98. The Hall–Kier alpha value is -2.25. The summed E-state index contributed by atoms with van der Waals surface area (Å²) in [6.07, 6.45) is 2.67. The van der Waals surface area contributed by atoms with Crippen molar-refractivity contribution >= 4 is 33.4 Å². The number of rotatable bonds is 10. The van der Waals surface area contributed by atoms with Gasteiger partial charge in [-0.15, -0.1) is 6.58 Å². The first-order valence-electron chi connectivity index (χ1n) is 8.50. The van der Waals surface area contributed by atoms with Crippen LogP contribution in [0.4, 0.5) is 5.69 Å². The molecule has 0 unspecified atom stereocenters. The predicted octanol–water partition coefficient (Wildman–Crippen LogP) is 3.30. The van der Waals surface area contributed by atoms with E-state index in [1.54, 1.807) is 36.0 Å². The van der Waals surface area contributed by atoms with Crippen LogP contribution in [-0.2, 0) is 15.8 Å². The molecule has 0 bridgehead atoms. The molecule has 7 heteroatoms. The second kappa shape index (κ2) is 10.2. The van der Waals surface area contributed by atoms with Crippen LogP contribution in [0.3, 0.4) is 0 Å². The maximum Gasteiger partial charge on any atom is 0.251 e. The van der Waals surface area contributed by atoms with Gasteiger partial charge in [-0.3, -0.25) is 9.10 Å². The van der Waals surface area contributed by atoms with Gasteiger partial charge in [-0.1, -0.05) is 36.4 Å². The number of sulfonamides is 1. The van der Waals surface area contributed by atoms with Crippen molar-refractivity contribution in [3.8, 4) is 0 Å². The average molecular weight is 405 g/mol. The van der Waals surface area contributed by atoms with Gasteiger partial charge < -0.3 is 5.32 Å². The van der Waals surface area contributed by atoms with E-state index in [1.807, 2.05) is 18.2 Å². The Morgan fingerprint density at radius 2 is 1.81 bits per heavy atom. The van der Waals surface area contributed by atoms with Crippen LogP contribution in [0.1, 0.15) is 15.9 Å². The van der Waals surface area contributed by atoms with E-state index in [4.69, 9.17) is 0 Å². The van der Waals surface area contributed by atoms with Crippen LogP contribution in [0.2, 0.25) is 0 Å². The minimum absolute atomic E-state index is 0.170. The highest BCUT2D eigenvalue weighted by Crippen LogP contribution is 2.18. The summed E-state index contributed by atoms with van der Waals surface area (Å²) in [5, 5.41) is 2.88. The normalized spacial score (nSPS) is 11.0. The molecule has 0 aliphatic rings. The van der Waals surface area contributed by atoms with Crippen LogP contribution in [0.15, 0.2) is 67.3 Å². The minimum atomic E-state index is -3.40. The SMILES string of the molecule is C=CCN(c1ccc(C(=O)NCCSCc2ccccc2)cc1)S(C)(=O)=O. The van der Waals surface area contributed by atoms with Gasteiger partial charge in [0.15, 0.2) is 0 Å². The number of nitrogens with zero attached hydrogens (tertiary/aromatic N) is 1. The third-order valence-electron chi connectivity index (χ3n) is 3.76. The fourth-order valence-electron chi connectivity index (χ4n) is 2.43. The zero-order valence-corrected chi connectivity index (χ0v) is 16.9. The summed E-state index contributed by atoms with van der Waals surface area (Å²) >= 11 is 1.76. The molecule has 0 heterocycles. The van der Waals surface area contributed by atoms with Gasteiger partial charge in [0, 0.05) is 23.6 Å². The predicted molar refractivity (Wildman–Crippen MR) is 114 cm³/mol. The second-order valence-corrected chi connectivity index (χ2v) is 8.94. The summed E-state index contributed by atoms with van der Waals surface area (Å²) in [5.41, 5.74) is 2.27. The Morgan fingerprint density at radius 1 is 1.15 bits per heavy atom. The Bertz CT molecular complexity index is 851. The van der Waals surface area contributed by atoms with Crippen molar-refractivity contribution in [3.05, 3.63) is 78.4 Å². The first kappa shape index (κ1) is 21.1. The molecular formula is C20H24N2O3S2. The van der Waals surface area contributed by atoms with Crippen molar-refractivity contribution in [1.29, 1.82) is 0 Å². The van der Waals surface area contributed by atoms with Gasteiger partial charge >= 0.3 is 0 Å². The zero-order valence-electron chi connectivity index (χ0n) is 15.3. The monoisotopic (exact) mass is 404 g/mol. The maximum atomic E-state index is 12.2. The van der Waals surface area contributed by atoms with Crippen LogP contribution in [0.5, 0.6) is 0 Å². The molecule has 2 aromatic rings. The van der Waals surface area contributed by atoms with E-state index in [-0.39, 0.29) is 12.5 Å². The van der Waals surface area contributed by atoms with Gasteiger partial charge in [0.1, 0.15) is 0 Å². The first-order chi connectivity index (χ1) is 12.9. The fraction of sp³-hybridized carbons (Fsp3) is 0.250. The number of carbonyl (C=O) groups is 1. The molecule has 0 fully saturated rings. The summed E-state index contributed by atoms with van der Waals surface area (Å²) in [6.45, 7) is 4.34. The molecule has 0 spiro atoms. The Morgan fingerprint density at radius 3 is 2.41 bits per heavy atom. The number of hydrogen-bond acceptors (Lipinski definition) is 4. The van der Waals surface area contributed by atoms with Gasteiger partial charge in [0.05, 0.1) is 18.5 Å². The summed E-state index contributed by atoms with van der Waals surface area (Å²) in [7, 11) is -3.40. The lowest BCUT2D eigenvalue weighted by Crippen LogP contribution is -2.30. The summed E-state index contributed by atoms with van der Waals surface area (Å²) in [4.78, 5) is 12.2. The first-order valence-corrected chi connectivity index (χ1v) is 11.5. The molecule has 5 nitrogen and oxygen atoms in total. The summed E-state index contributed by atoms with van der Waals surface area (Å²) in [5.74, 6) is 1.56. The van der Waals surface area contributed by atoms with E-state index >= 15 is 0 Å². The topological polar surface area (TPSA) is 66.5 Å². The lowest BCUT2D eigenvalue weighted by molar-refractivity contribution is 0.0956. The number of carbonyl (C=O) groups excluding carboxylic acids is 1. The Labute approximate surface area is 165 Å². The van der Waals surface area contributed by atoms with Gasteiger partial charge in [0.2, 0.25) is 10.0 Å². The Kier molecular flexibility index (Phi) is 7.94. The van der Waals surface area contributed by atoms with E-state index in [0.717, 1.165) is 17.8 Å². The highest BCUT2D eigenvalue weighted by Gasteiger charge is 2.16. The molecule has 144 valence electrons. The smallest absolute Gasteiger partial charge is 0.251 e. The molecule has 0 radical (unpaired) electrons. The van der Waals surface area contributed by atoms with Gasteiger partial charge in [-0.2, -0.15) is 11.8 Å². The molecule has 2 aromatic carbocycles. The van der Waals surface area contributed by atoms with E-state index in [0.29, 0.717) is 17.8 Å². The molecule has 1 amide bonds. The highest BCUT2D eigenvalue weighted by atomic mass is 32.2. The molecule has 0 atom stereocenters. The molecule has 0 saturated heterocycles. The standard InChI is InChI=1S/C20H24N2O3S2/c1-3-14-22(27(2,24)25)19-11-9-18(10-12-19)20(23)21-13-15-26-16-17-7-5-4-6-8-17/h3-12H,1,13-16H2,2H3,(H,21,23). The number of amides is 1.